The Hall–Kier alpha value is -2.09. The van der Waals surface area contributed by atoms with Gasteiger partial charge in [0.1, 0.15) is 10.6 Å². The maximum absolute atomic E-state index is 12.1. The van der Waals surface area contributed by atoms with Crippen molar-refractivity contribution in [2.24, 2.45) is 0 Å². The predicted molar refractivity (Wildman–Crippen MR) is 72.9 cm³/mol. The Bertz CT molecular complexity index is 574. The number of H-pyrrole nitrogens is 1. The second-order valence-electron chi connectivity index (χ2n) is 4.45. The Morgan fingerprint density at radius 2 is 2.42 bits per heavy atom. The largest absolute Gasteiger partial charge is 0.382 e. The van der Waals surface area contributed by atoms with Crippen LogP contribution in [-0.2, 0) is 6.54 Å². The van der Waals surface area contributed by atoms with E-state index < -0.39 is 0 Å². The Labute approximate surface area is 113 Å². The number of carbonyl (C=O) groups excluding carboxylic acids is 1. The fourth-order valence-electron chi connectivity index (χ4n) is 1.68. The van der Waals surface area contributed by atoms with Crippen LogP contribution in [0.15, 0.2) is 12.5 Å². The van der Waals surface area contributed by atoms with Gasteiger partial charge >= 0.3 is 0 Å². The fraction of sp³-hybridized carbons (Fsp3) is 0.364. The van der Waals surface area contributed by atoms with E-state index in [1.54, 1.807) is 12.5 Å². The van der Waals surface area contributed by atoms with Gasteiger partial charge in [0.2, 0.25) is 0 Å². The molecule has 0 spiro atoms. The zero-order chi connectivity index (χ0) is 13.2. The van der Waals surface area contributed by atoms with Gasteiger partial charge < -0.3 is 21.4 Å². The SMILES string of the molecule is Nc1nsc(NCc2cnc[nH]2)c1C(=O)NC1CC1. The number of hydrogen-bond donors (Lipinski definition) is 4. The van der Waals surface area contributed by atoms with Crippen molar-refractivity contribution in [3.8, 4) is 0 Å². The van der Waals surface area contributed by atoms with E-state index in [1.165, 1.54) is 11.5 Å². The van der Waals surface area contributed by atoms with Crippen LogP contribution in [0, 0.1) is 0 Å². The molecule has 0 unspecified atom stereocenters. The lowest BCUT2D eigenvalue weighted by molar-refractivity contribution is 0.0953. The summed E-state index contributed by atoms with van der Waals surface area (Å²) in [7, 11) is 0. The second-order valence-corrected chi connectivity index (χ2v) is 5.22. The summed E-state index contributed by atoms with van der Waals surface area (Å²) in [5.41, 5.74) is 7.14. The van der Waals surface area contributed by atoms with Gasteiger partial charge in [-0.05, 0) is 24.4 Å². The van der Waals surface area contributed by atoms with Gasteiger partial charge in [-0.2, -0.15) is 4.37 Å². The molecule has 1 saturated carbocycles. The molecule has 8 heteroatoms. The monoisotopic (exact) mass is 278 g/mol. The molecule has 1 fully saturated rings. The lowest BCUT2D eigenvalue weighted by atomic mass is 10.3. The molecule has 2 aromatic heterocycles. The highest BCUT2D eigenvalue weighted by atomic mass is 32.1. The summed E-state index contributed by atoms with van der Waals surface area (Å²) >= 11 is 1.19. The Morgan fingerprint density at radius 3 is 3.11 bits per heavy atom. The molecule has 1 aliphatic carbocycles. The Kier molecular flexibility index (Phi) is 3.08. The zero-order valence-electron chi connectivity index (χ0n) is 10.1. The molecule has 0 aliphatic heterocycles. The van der Waals surface area contributed by atoms with Crippen molar-refractivity contribution < 1.29 is 4.79 Å². The lowest BCUT2D eigenvalue weighted by Crippen LogP contribution is -2.26. The molecule has 0 atom stereocenters. The Morgan fingerprint density at radius 1 is 1.58 bits per heavy atom. The summed E-state index contributed by atoms with van der Waals surface area (Å²) in [5.74, 6) is 0.121. The quantitative estimate of drug-likeness (QED) is 0.651. The highest BCUT2D eigenvalue weighted by molar-refractivity contribution is 7.11. The van der Waals surface area contributed by atoms with Gasteiger partial charge in [-0.25, -0.2) is 4.98 Å². The highest BCUT2D eigenvalue weighted by Gasteiger charge is 2.27. The summed E-state index contributed by atoms with van der Waals surface area (Å²) in [6.45, 7) is 0.547. The molecule has 7 nitrogen and oxygen atoms in total. The number of anilines is 2. The number of carbonyl (C=O) groups is 1. The minimum atomic E-state index is -0.152. The number of rotatable bonds is 5. The standard InChI is InChI=1S/C11H14N6OS/c12-9-8(10(18)16-6-1-2-6)11(19-17-9)14-4-7-3-13-5-15-7/h3,5-6,14H,1-2,4H2,(H2,12,17)(H,13,15)(H,16,18). The van der Waals surface area contributed by atoms with Crippen LogP contribution in [0.3, 0.4) is 0 Å². The van der Waals surface area contributed by atoms with E-state index in [0.29, 0.717) is 23.2 Å². The van der Waals surface area contributed by atoms with Crippen molar-refractivity contribution in [2.75, 3.05) is 11.1 Å². The van der Waals surface area contributed by atoms with Crippen molar-refractivity contribution in [3.63, 3.8) is 0 Å². The molecule has 3 rings (SSSR count). The van der Waals surface area contributed by atoms with E-state index in [9.17, 15) is 4.79 Å². The van der Waals surface area contributed by atoms with Crippen LogP contribution in [0.5, 0.6) is 0 Å². The molecular formula is C11H14N6OS. The maximum Gasteiger partial charge on any atom is 0.258 e. The van der Waals surface area contributed by atoms with Gasteiger partial charge in [0, 0.05) is 12.2 Å². The fourth-order valence-corrected chi connectivity index (χ4v) is 2.39. The predicted octanol–water partition coefficient (Wildman–Crippen LogP) is 0.953. The summed E-state index contributed by atoms with van der Waals surface area (Å²) < 4.78 is 4.04. The molecule has 0 bridgehead atoms. The number of amides is 1. The van der Waals surface area contributed by atoms with E-state index in [-0.39, 0.29) is 11.7 Å². The summed E-state index contributed by atoms with van der Waals surface area (Å²) in [6, 6.07) is 0.298. The molecule has 2 aromatic rings. The maximum atomic E-state index is 12.1. The van der Waals surface area contributed by atoms with Crippen LogP contribution >= 0.6 is 11.5 Å². The number of nitrogens with one attached hydrogen (secondary N) is 3. The molecule has 0 aromatic carbocycles. The topological polar surface area (TPSA) is 109 Å². The van der Waals surface area contributed by atoms with Gasteiger partial charge in [-0.1, -0.05) is 0 Å². The first-order valence-corrected chi connectivity index (χ1v) is 6.78. The van der Waals surface area contributed by atoms with Gasteiger partial charge in [-0.15, -0.1) is 0 Å². The van der Waals surface area contributed by atoms with Gasteiger partial charge in [-0.3, -0.25) is 4.79 Å². The third-order valence-corrected chi connectivity index (χ3v) is 3.67. The smallest absolute Gasteiger partial charge is 0.258 e. The van der Waals surface area contributed by atoms with E-state index in [0.717, 1.165) is 18.5 Å². The van der Waals surface area contributed by atoms with Crippen LogP contribution < -0.4 is 16.4 Å². The van der Waals surface area contributed by atoms with Crippen LogP contribution in [-0.4, -0.2) is 26.3 Å². The van der Waals surface area contributed by atoms with Crippen molar-refractivity contribution in [3.05, 3.63) is 23.8 Å². The molecule has 5 N–H and O–H groups in total. The molecule has 0 saturated heterocycles. The van der Waals surface area contributed by atoms with E-state index in [2.05, 4.69) is 25.0 Å². The van der Waals surface area contributed by atoms with E-state index >= 15 is 0 Å². The van der Waals surface area contributed by atoms with Crippen molar-refractivity contribution in [1.29, 1.82) is 0 Å². The second kappa shape index (κ2) is 4.88. The number of nitrogen functional groups attached to an aromatic ring is 1. The normalized spacial score (nSPS) is 14.3. The first-order valence-electron chi connectivity index (χ1n) is 6.01. The number of hydrogen-bond acceptors (Lipinski definition) is 6. The number of aromatic nitrogens is 3. The first kappa shape index (κ1) is 12.0. The van der Waals surface area contributed by atoms with Crippen molar-refractivity contribution in [2.45, 2.75) is 25.4 Å². The lowest BCUT2D eigenvalue weighted by Gasteiger charge is -2.06. The third-order valence-electron chi connectivity index (χ3n) is 2.85. The zero-order valence-corrected chi connectivity index (χ0v) is 11.0. The summed E-state index contributed by atoms with van der Waals surface area (Å²) in [5, 5.41) is 6.76. The molecule has 0 radical (unpaired) electrons. The highest BCUT2D eigenvalue weighted by Crippen LogP contribution is 2.28. The number of nitrogens with two attached hydrogens (primary N) is 1. The van der Waals surface area contributed by atoms with Gasteiger partial charge in [0.15, 0.2) is 5.82 Å². The van der Waals surface area contributed by atoms with E-state index in [4.69, 9.17) is 5.73 Å². The average Bonchev–Trinajstić information content (AvgIpc) is 2.92. The van der Waals surface area contributed by atoms with Crippen LogP contribution in [0.2, 0.25) is 0 Å². The van der Waals surface area contributed by atoms with Gasteiger partial charge in [0.05, 0.1) is 18.6 Å². The van der Waals surface area contributed by atoms with Crippen LogP contribution in [0.4, 0.5) is 10.8 Å². The molecular weight excluding hydrogens is 264 g/mol. The minimum absolute atomic E-state index is 0.152. The number of aromatic amines is 1. The first-order chi connectivity index (χ1) is 9.24. The summed E-state index contributed by atoms with van der Waals surface area (Å²) in [4.78, 5) is 19.0. The molecule has 19 heavy (non-hydrogen) atoms. The third kappa shape index (κ3) is 2.68. The number of imidazole rings is 1. The average molecular weight is 278 g/mol. The molecule has 2 heterocycles. The van der Waals surface area contributed by atoms with Crippen LogP contribution in [0.25, 0.3) is 0 Å². The van der Waals surface area contributed by atoms with E-state index in [1.807, 2.05) is 0 Å². The minimum Gasteiger partial charge on any atom is -0.382 e. The Balaban J connectivity index is 1.71. The molecule has 1 amide bonds. The van der Waals surface area contributed by atoms with Crippen molar-refractivity contribution >= 4 is 28.3 Å². The molecule has 100 valence electrons. The number of nitrogens with zero attached hydrogens (tertiary/aromatic N) is 2. The molecule has 1 aliphatic rings. The van der Waals surface area contributed by atoms with Crippen molar-refractivity contribution in [1.82, 2.24) is 19.7 Å². The van der Waals surface area contributed by atoms with Crippen LogP contribution in [0.1, 0.15) is 28.9 Å². The van der Waals surface area contributed by atoms with Gasteiger partial charge in [0.25, 0.3) is 5.91 Å². The summed E-state index contributed by atoms with van der Waals surface area (Å²) in [6.07, 6.45) is 5.42.